The Morgan fingerprint density at radius 1 is 1.27 bits per heavy atom. The van der Waals surface area contributed by atoms with Crippen LogP contribution in [0.25, 0.3) is 0 Å². The van der Waals surface area contributed by atoms with Gasteiger partial charge in [-0.3, -0.25) is 14.8 Å². The Labute approximate surface area is 205 Å². The molecule has 0 bridgehead atoms. The van der Waals surface area contributed by atoms with Gasteiger partial charge in [0.2, 0.25) is 0 Å². The van der Waals surface area contributed by atoms with Crippen molar-refractivity contribution in [2.24, 2.45) is 0 Å². The second-order valence-electron chi connectivity index (χ2n) is 7.64. The van der Waals surface area contributed by atoms with Crippen LogP contribution >= 0.6 is 35.2 Å². The molecule has 1 amide bonds. The van der Waals surface area contributed by atoms with Crippen molar-refractivity contribution in [3.05, 3.63) is 57.1 Å². The monoisotopic (exact) mass is 506 g/mol. The van der Waals surface area contributed by atoms with Crippen molar-refractivity contribution in [1.29, 1.82) is 0 Å². The summed E-state index contributed by atoms with van der Waals surface area (Å²) in [4.78, 5) is 26.3. The molecule has 1 aliphatic rings. The highest BCUT2D eigenvalue weighted by molar-refractivity contribution is 7.80. The molecule has 0 unspecified atom stereocenters. The van der Waals surface area contributed by atoms with E-state index >= 15 is 0 Å². The van der Waals surface area contributed by atoms with Crippen LogP contribution in [-0.2, 0) is 24.1 Å². The lowest BCUT2D eigenvalue weighted by Gasteiger charge is -2.11. The van der Waals surface area contributed by atoms with Crippen LogP contribution in [0.4, 0.5) is 5.00 Å². The van der Waals surface area contributed by atoms with E-state index in [0.29, 0.717) is 27.9 Å². The topological polar surface area (TPSA) is 98.4 Å². The zero-order valence-corrected chi connectivity index (χ0v) is 20.4. The number of nitrogens with zero attached hydrogens (tertiary/aromatic N) is 2. The van der Waals surface area contributed by atoms with Crippen molar-refractivity contribution in [2.45, 2.75) is 45.1 Å². The number of anilines is 1. The number of hydrogen-bond donors (Lipinski definition) is 2. The Morgan fingerprint density at radius 3 is 2.79 bits per heavy atom. The van der Waals surface area contributed by atoms with E-state index in [2.05, 4.69) is 15.7 Å². The summed E-state index contributed by atoms with van der Waals surface area (Å²) in [6, 6.07) is 3.25. The number of carbonyl (C=O) groups excluding carboxylic acids is 2. The first-order valence-electron chi connectivity index (χ1n) is 10.6. The third kappa shape index (κ3) is 5.63. The first-order valence-corrected chi connectivity index (χ1v) is 12.2. The largest absolute Gasteiger partial charge is 0.465 e. The SMILES string of the molecule is COC(=O)c1c(NC(=S)NC(=O)c2ccc(Cn3cc(Cl)cn3)o2)sc2c1CCCCCC2. The molecule has 11 heteroatoms. The van der Waals surface area contributed by atoms with Gasteiger partial charge in [-0.1, -0.05) is 24.4 Å². The second-order valence-corrected chi connectivity index (χ2v) is 9.59. The van der Waals surface area contributed by atoms with Crippen molar-refractivity contribution in [3.8, 4) is 0 Å². The molecule has 0 aliphatic heterocycles. The lowest BCUT2D eigenvalue weighted by Crippen LogP contribution is -2.34. The molecule has 2 N–H and O–H groups in total. The van der Waals surface area contributed by atoms with Gasteiger partial charge in [-0.05, 0) is 55.6 Å². The molecular formula is C22H23ClN4O4S2. The van der Waals surface area contributed by atoms with Crippen LogP contribution in [-0.4, -0.2) is 33.9 Å². The summed E-state index contributed by atoms with van der Waals surface area (Å²) in [5.74, 6) is -0.241. The molecule has 0 saturated carbocycles. The van der Waals surface area contributed by atoms with Crippen molar-refractivity contribution in [2.75, 3.05) is 12.4 Å². The number of thiophene rings is 1. The quantitative estimate of drug-likeness (QED) is 0.378. The van der Waals surface area contributed by atoms with Gasteiger partial charge in [0.1, 0.15) is 10.8 Å². The fraction of sp³-hybridized carbons (Fsp3) is 0.364. The lowest BCUT2D eigenvalue weighted by molar-refractivity contribution is 0.0601. The summed E-state index contributed by atoms with van der Waals surface area (Å²) in [6.07, 6.45) is 9.37. The molecule has 4 rings (SSSR count). The standard InChI is InChI=1S/C22H23ClN4O4S2/c1-30-21(29)18-15-6-4-2-3-5-7-17(15)33-20(18)26-22(32)25-19(28)16-9-8-14(31-16)12-27-11-13(23)10-24-27/h8-11H,2-7,12H2,1H3,(H2,25,26,28,32). The maximum atomic E-state index is 12.6. The number of hydrogen-bond acceptors (Lipinski definition) is 7. The van der Waals surface area contributed by atoms with Gasteiger partial charge < -0.3 is 14.5 Å². The van der Waals surface area contributed by atoms with Gasteiger partial charge in [-0.15, -0.1) is 11.3 Å². The van der Waals surface area contributed by atoms with E-state index in [1.165, 1.54) is 35.9 Å². The number of ether oxygens (including phenoxy) is 1. The number of nitrogens with one attached hydrogen (secondary N) is 2. The van der Waals surface area contributed by atoms with Gasteiger partial charge >= 0.3 is 5.97 Å². The molecule has 0 spiro atoms. The molecule has 3 aromatic heterocycles. The van der Waals surface area contributed by atoms with Gasteiger partial charge in [0.25, 0.3) is 5.91 Å². The molecule has 0 atom stereocenters. The number of methoxy groups -OCH3 is 1. The third-order valence-electron chi connectivity index (χ3n) is 5.32. The summed E-state index contributed by atoms with van der Waals surface area (Å²) < 4.78 is 12.2. The highest BCUT2D eigenvalue weighted by atomic mass is 35.5. The Hall–Kier alpha value is -2.69. The summed E-state index contributed by atoms with van der Waals surface area (Å²) in [7, 11) is 1.37. The molecule has 0 saturated heterocycles. The minimum Gasteiger partial charge on any atom is -0.465 e. The Bertz CT molecular complexity index is 1180. The molecule has 0 fully saturated rings. The van der Waals surface area contributed by atoms with E-state index in [4.69, 9.17) is 33.0 Å². The molecule has 3 heterocycles. The maximum Gasteiger partial charge on any atom is 0.341 e. The van der Waals surface area contributed by atoms with E-state index in [1.807, 2.05) is 0 Å². The molecule has 3 aromatic rings. The van der Waals surface area contributed by atoms with Gasteiger partial charge in [-0.25, -0.2) is 4.79 Å². The normalized spacial score (nSPS) is 13.5. The molecule has 1 aliphatic carbocycles. The lowest BCUT2D eigenvalue weighted by atomic mass is 9.96. The maximum absolute atomic E-state index is 12.6. The van der Waals surface area contributed by atoms with Gasteiger partial charge in [0.05, 0.1) is 30.4 Å². The Balaban J connectivity index is 1.44. The van der Waals surface area contributed by atoms with E-state index in [-0.39, 0.29) is 10.9 Å². The molecule has 33 heavy (non-hydrogen) atoms. The smallest absolute Gasteiger partial charge is 0.341 e. The fourth-order valence-electron chi connectivity index (χ4n) is 3.79. The fourth-order valence-corrected chi connectivity index (χ4v) is 5.49. The van der Waals surface area contributed by atoms with E-state index in [1.54, 1.807) is 23.0 Å². The number of halogens is 1. The number of thiocarbonyl (C=S) groups is 1. The minimum absolute atomic E-state index is 0.0798. The van der Waals surface area contributed by atoms with E-state index < -0.39 is 11.9 Å². The number of furan rings is 1. The molecule has 8 nitrogen and oxygen atoms in total. The number of fused-ring (bicyclic) bond motifs is 1. The van der Waals surface area contributed by atoms with Crippen LogP contribution in [0.15, 0.2) is 28.9 Å². The number of rotatable bonds is 5. The van der Waals surface area contributed by atoms with Crippen LogP contribution in [0.5, 0.6) is 0 Å². The molecular weight excluding hydrogens is 484 g/mol. The van der Waals surface area contributed by atoms with E-state index in [0.717, 1.165) is 37.7 Å². The molecule has 174 valence electrons. The predicted octanol–water partition coefficient (Wildman–Crippen LogP) is 4.81. The van der Waals surface area contributed by atoms with Crippen molar-refractivity contribution in [3.63, 3.8) is 0 Å². The van der Waals surface area contributed by atoms with Gasteiger partial charge in [0, 0.05) is 11.1 Å². The summed E-state index contributed by atoms with van der Waals surface area (Å²) >= 11 is 12.7. The molecule has 0 aromatic carbocycles. The van der Waals surface area contributed by atoms with Gasteiger partial charge in [0.15, 0.2) is 10.9 Å². The van der Waals surface area contributed by atoms with Crippen molar-refractivity contribution >= 4 is 57.1 Å². The average Bonchev–Trinajstić information content (AvgIpc) is 3.47. The summed E-state index contributed by atoms with van der Waals surface area (Å²) in [6.45, 7) is 0.339. The highest BCUT2D eigenvalue weighted by Gasteiger charge is 2.26. The third-order valence-corrected chi connectivity index (χ3v) is 6.93. The molecule has 0 radical (unpaired) electrons. The summed E-state index contributed by atoms with van der Waals surface area (Å²) in [5.41, 5.74) is 1.53. The highest BCUT2D eigenvalue weighted by Crippen LogP contribution is 2.37. The number of carbonyl (C=O) groups is 2. The number of esters is 1. The Morgan fingerprint density at radius 2 is 2.06 bits per heavy atom. The van der Waals surface area contributed by atoms with Crippen LogP contribution in [0.3, 0.4) is 0 Å². The van der Waals surface area contributed by atoms with Crippen LogP contribution in [0.2, 0.25) is 5.02 Å². The zero-order chi connectivity index (χ0) is 23.4. The first kappa shape index (κ1) is 23.5. The average molecular weight is 507 g/mol. The van der Waals surface area contributed by atoms with Crippen LogP contribution in [0, 0.1) is 0 Å². The second kappa shape index (κ2) is 10.5. The predicted molar refractivity (Wildman–Crippen MR) is 130 cm³/mol. The van der Waals surface area contributed by atoms with Gasteiger partial charge in [-0.2, -0.15) is 5.10 Å². The Kier molecular flexibility index (Phi) is 7.46. The zero-order valence-electron chi connectivity index (χ0n) is 18.0. The number of aryl methyl sites for hydroxylation is 1. The number of amides is 1. The minimum atomic E-state index is -0.494. The number of aromatic nitrogens is 2. The van der Waals surface area contributed by atoms with E-state index in [9.17, 15) is 9.59 Å². The van der Waals surface area contributed by atoms with Crippen molar-refractivity contribution < 1.29 is 18.7 Å². The van der Waals surface area contributed by atoms with Crippen LogP contribution < -0.4 is 10.6 Å². The first-order chi connectivity index (χ1) is 15.9. The summed E-state index contributed by atoms with van der Waals surface area (Å²) in [5, 5.41) is 10.9. The van der Waals surface area contributed by atoms with Crippen molar-refractivity contribution in [1.82, 2.24) is 15.1 Å². The van der Waals surface area contributed by atoms with Crippen LogP contribution in [0.1, 0.15) is 62.8 Å².